The highest BCUT2D eigenvalue weighted by atomic mass is 19.1. The highest BCUT2D eigenvalue weighted by molar-refractivity contribution is 5.76. The molecule has 0 atom stereocenters. The summed E-state index contributed by atoms with van der Waals surface area (Å²) in [5, 5.41) is 9.96. The maximum Gasteiger partial charge on any atom is 0.135 e. The third kappa shape index (κ3) is 3.67. The first kappa shape index (κ1) is 16.4. The van der Waals surface area contributed by atoms with E-state index >= 15 is 0 Å². The van der Waals surface area contributed by atoms with Gasteiger partial charge >= 0.3 is 0 Å². The molecule has 1 aromatic rings. The van der Waals surface area contributed by atoms with Crippen molar-refractivity contribution in [2.75, 3.05) is 0 Å². The van der Waals surface area contributed by atoms with Crippen molar-refractivity contribution in [3.8, 4) is 0 Å². The van der Waals surface area contributed by atoms with Crippen LogP contribution in [0.15, 0.2) is 35.9 Å². The van der Waals surface area contributed by atoms with Crippen LogP contribution in [0.2, 0.25) is 0 Å². The number of hydrogen-bond acceptors (Lipinski definition) is 2. The Morgan fingerprint density at radius 3 is 2.55 bits per heavy atom. The van der Waals surface area contributed by atoms with Crippen molar-refractivity contribution in [3.63, 3.8) is 0 Å². The van der Waals surface area contributed by atoms with Gasteiger partial charge in [-0.3, -0.25) is 0 Å². The monoisotopic (exact) mass is 281 g/mol. The Kier molecular flexibility index (Phi) is 5.89. The molecular formula is C16H21F2NO. The van der Waals surface area contributed by atoms with Gasteiger partial charge in [-0.2, -0.15) is 0 Å². The van der Waals surface area contributed by atoms with Gasteiger partial charge in [-0.05, 0) is 6.08 Å². The lowest BCUT2D eigenvalue weighted by Gasteiger charge is -2.11. The van der Waals surface area contributed by atoms with E-state index in [2.05, 4.69) is 0 Å². The molecule has 0 aromatic heterocycles. The second kappa shape index (κ2) is 7.20. The van der Waals surface area contributed by atoms with Crippen molar-refractivity contribution in [2.45, 2.75) is 33.7 Å². The molecule has 0 aliphatic rings. The molecule has 0 spiro atoms. The van der Waals surface area contributed by atoms with Crippen molar-refractivity contribution in [2.24, 2.45) is 11.7 Å². The highest BCUT2D eigenvalue weighted by Crippen LogP contribution is 2.28. The molecule has 0 saturated carbocycles. The van der Waals surface area contributed by atoms with E-state index in [1.54, 1.807) is 32.9 Å². The first-order chi connectivity index (χ1) is 9.42. The van der Waals surface area contributed by atoms with E-state index in [9.17, 15) is 13.9 Å². The van der Waals surface area contributed by atoms with Crippen molar-refractivity contribution >= 4 is 5.57 Å². The molecule has 0 heterocycles. The molecular weight excluding hydrogens is 260 g/mol. The Labute approximate surface area is 118 Å². The number of rotatable bonds is 5. The van der Waals surface area contributed by atoms with E-state index in [1.165, 1.54) is 12.1 Å². The van der Waals surface area contributed by atoms with Crippen molar-refractivity contribution in [1.29, 1.82) is 0 Å². The van der Waals surface area contributed by atoms with Crippen LogP contribution in [-0.4, -0.2) is 5.11 Å². The fourth-order valence-corrected chi connectivity index (χ4v) is 1.76. The van der Waals surface area contributed by atoms with E-state index in [1.807, 2.05) is 0 Å². The number of nitrogens with two attached hydrogens (primary N) is 1. The minimum absolute atomic E-state index is 0.0473. The predicted octanol–water partition coefficient (Wildman–Crippen LogP) is 4.47. The average Bonchev–Trinajstić information content (AvgIpc) is 2.44. The van der Waals surface area contributed by atoms with E-state index in [4.69, 9.17) is 5.73 Å². The molecule has 2 nitrogen and oxygen atoms in total. The van der Waals surface area contributed by atoms with Crippen molar-refractivity contribution in [1.82, 2.24) is 0 Å². The molecule has 0 saturated heterocycles. The van der Waals surface area contributed by atoms with Crippen LogP contribution in [0.1, 0.15) is 38.3 Å². The molecule has 0 aliphatic heterocycles. The zero-order chi connectivity index (χ0) is 15.3. The van der Waals surface area contributed by atoms with Gasteiger partial charge in [0, 0.05) is 35.6 Å². The Hall–Kier alpha value is -1.68. The van der Waals surface area contributed by atoms with Crippen LogP contribution >= 0.6 is 0 Å². The smallest absolute Gasteiger partial charge is 0.135 e. The van der Waals surface area contributed by atoms with Crippen LogP contribution in [-0.2, 0) is 6.54 Å². The topological polar surface area (TPSA) is 46.2 Å². The number of allylic oxidation sites excluding steroid dienone is 4. The van der Waals surface area contributed by atoms with Gasteiger partial charge in [0.25, 0.3) is 0 Å². The molecule has 110 valence electrons. The summed E-state index contributed by atoms with van der Waals surface area (Å²) >= 11 is 0. The minimum atomic E-state index is -0.516. The Morgan fingerprint density at radius 1 is 1.40 bits per heavy atom. The second-order valence-corrected chi connectivity index (χ2v) is 4.88. The molecule has 0 radical (unpaired) electrons. The van der Waals surface area contributed by atoms with Gasteiger partial charge in [0.2, 0.25) is 0 Å². The highest BCUT2D eigenvalue weighted by Gasteiger charge is 2.15. The van der Waals surface area contributed by atoms with Crippen LogP contribution in [0.4, 0.5) is 8.78 Å². The molecule has 4 heteroatoms. The third-order valence-electron chi connectivity index (χ3n) is 3.07. The predicted molar refractivity (Wildman–Crippen MR) is 78.2 cm³/mol. The van der Waals surface area contributed by atoms with Gasteiger partial charge in [0.1, 0.15) is 11.6 Å². The molecule has 1 rings (SSSR count). The second-order valence-electron chi connectivity index (χ2n) is 4.88. The number of hydrogen-bond donors (Lipinski definition) is 2. The van der Waals surface area contributed by atoms with Crippen LogP contribution in [0, 0.1) is 11.7 Å². The van der Waals surface area contributed by atoms with Gasteiger partial charge in [-0.15, -0.1) is 0 Å². The summed E-state index contributed by atoms with van der Waals surface area (Å²) in [7, 11) is 0. The summed E-state index contributed by atoms with van der Waals surface area (Å²) in [6.07, 6.45) is 1.49. The van der Waals surface area contributed by atoms with Gasteiger partial charge < -0.3 is 10.8 Å². The van der Waals surface area contributed by atoms with Gasteiger partial charge in [-0.1, -0.05) is 39.0 Å². The summed E-state index contributed by atoms with van der Waals surface area (Å²) in [4.78, 5) is 0. The fourth-order valence-electron chi connectivity index (χ4n) is 1.76. The van der Waals surface area contributed by atoms with Crippen LogP contribution < -0.4 is 5.73 Å². The molecule has 0 aliphatic carbocycles. The zero-order valence-electron chi connectivity index (χ0n) is 12.1. The number of benzene rings is 1. The SMILES string of the molecule is CC/C(O)=C(\C=C(/F)C(C)C)c1cccc(CN)c1F. The van der Waals surface area contributed by atoms with E-state index < -0.39 is 11.6 Å². The lowest BCUT2D eigenvalue weighted by molar-refractivity contribution is 0.397. The Bertz CT molecular complexity index is 533. The summed E-state index contributed by atoms with van der Waals surface area (Å²) < 4.78 is 28.1. The van der Waals surface area contributed by atoms with Gasteiger partial charge in [0.05, 0.1) is 5.76 Å². The van der Waals surface area contributed by atoms with Crippen LogP contribution in [0.3, 0.4) is 0 Å². The summed E-state index contributed by atoms with van der Waals surface area (Å²) in [5.74, 6) is -1.29. The zero-order valence-corrected chi connectivity index (χ0v) is 12.1. The van der Waals surface area contributed by atoms with Gasteiger partial charge in [0.15, 0.2) is 0 Å². The summed E-state index contributed by atoms with van der Waals surface area (Å²) in [6.45, 7) is 5.16. The molecule has 0 amide bonds. The maximum atomic E-state index is 14.3. The standard InChI is InChI=1S/C16H21F2NO/c1-4-15(20)13(8-14(17)10(2)3)12-7-5-6-11(9-19)16(12)18/h5-8,10,20H,4,9,19H2,1-3H3/b14-8-,15-13-. The largest absolute Gasteiger partial charge is 0.512 e. The fraction of sp³-hybridized carbons (Fsp3) is 0.375. The first-order valence-electron chi connectivity index (χ1n) is 6.69. The van der Waals surface area contributed by atoms with E-state index in [-0.39, 0.29) is 29.4 Å². The molecule has 0 unspecified atom stereocenters. The molecule has 20 heavy (non-hydrogen) atoms. The lowest BCUT2D eigenvalue weighted by atomic mass is 9.98. The van der Waals surface area contributed by atoms with Crippen LogP contribution in [0.25, 0.3) is 5.57 Å². The quantitative estimate of drug-likeness (QED) is 0.617. The third-order valence-corrected chi connectivity index (χ3v) is 3.07. The molecule has 3 N–H and O–H groups in total. The van der Waals surface area contributed by atoms with Crippen molar-refractivity contribution < 1.29 is 13.9 Å². The molecule has 0 fully saturated rings. The molecule has 0 bridgehead atoms. The Balaban J connectivity index is 3.45. The number of aliphatic hydroxyl groups is 1. The lowest BCUT2D eigenvalue weighted by Crippen LogP contribution is -2.03. The first-order valence-corrected chi connectivity index (χ1v) is 6.69. The maximum absolute atomic E-state index is 14.3. The summed E-state index contributed by atoms with van der Waals surface area (Å²) in [5.41, 5.74) is 6.15. The average molecular weight is 281 g/mol. The summed E-state index contributed by atoms with van der Waals surface area (Å²) in [6, 6.07) is 4.73. The van der Waals surface area contributed by atoms with Gasteiger partial charge in [-0.25, -0.2) is 8.78 Å². The number of halogens is 2. The van der Waals surface area contributed by atoms with Crippen LogP contribution in [0.5, 0.6) is 0 Å². The normalized spacial score (nSPS) is 13.7. The van der Waals surface area contributed by atoms with E-state index in [0.29, 0.717) is 12.0 Å². The Morgan fingerprint density at radius 2 is 2.05 bits per heavy atom. The van der Waals surface area contributed by atoms with Crippen molar-refractivity contribution in [3.05, 3.63) is 52.8 Å². The van der Waals surface area contributed by atoms with E-state index in [0.717, 1.165) is 0 Å². The minimum Gasteiger partial charge on any atom is -0.512 e. The molecule has 1 aromatic carbocycles. The number of aliphatic hydroxyl groups excluding tert-OH is 1.